The number of sulfonamides is 1. The van der Waals surface area contributed by atoms with E-state index >= 15 is 0 Å². The topological polar surface area (TPSA) is 157 Å². The Kier molecular flexibility index (Phi) is 10.3. The van der Waals surface area contributed by atoms with Crippen molar-refractivity contribution in [1.82, 2.24) is 25.1 Å². The highest BCUT2D eigenvalue weighted by Crippen LogP contribution is 2.29. The number of carbonyl (C=O) groups excluding carboxylic acids is 3. The van der Waals surface area contributed by atoms with Crippen LogP contribution in [0.15, 0.2) is 78.0 Å². The molecule has 1 saturated heterocycles. The summed E-state index contributed by atoms with van der Waals surface area (Å²) in [6.07, 6.45) is 3.30. The summed E-state index contributed by atoms with van der Waals surface area (Å²) >= 11 is 0. The molecule has 0 spiro atoms. The SMILES string of the molecule is CC(C)(C)OC(=O)NNC(=O)c1cc(-c2ccc(C#Cc3ccc(S(=O)(=O)N4CCC[C@@H]4C(=O)OC(C)(C)C)cc3)cc2)nc2ccncc12. The Bertz CT molecular complexity index is 2090. The van der Waals surface area contributed by atoms with Crippen LogP contribution in [0.4, 0.5) is 4.79 Å². The van der Waals surface area contributed by atoms with Gasteiger partial charge in [-0.3, -0.25) is 20.0 Å². The maximum atomic E-state index is 13.4. The standard InChI is InChI=1S/C37H39N5O7S/c1-36(2,3)48-34(44)32-8-7-21-42(32)50(46,47)27-17-13-25(14-18-27)10-9-24-11-15-26(16-12-24)31-22-28(29-23-38-20-19-30(29)39-31)33(43)40-41-35(45)49-37(4,5)6/h11-20,22-23,32H,7-8,21H2,1-6H3,(H,40,43)(H,41,45)/t32-/m1/s1. The van der Waals surface area contributed by atoms with Crippen LogP contribution in [0, 0.1) is 11.8 Å². The summed E-state index contributed by atoms with van der Waals surface area (Å²) in [7, 11) is -3.91. The monoisotopic (exact) mass is 697 g/mol. The molecule has 1 aliphatic rings. The van der Waals surface area contributed by atoms with Crippen molar-refractivity contribution in [2.45, 2.75) is 76.5 Å². The third kappa shape index (κ3) is 8.82. The van der Waals surface area contributed by atoms with Gasteiger partial charge in [0, 0.05) is 41.0 Å². The van der Waals surface area contributed by atoms with Gasteiger partial charge in [-0.05, 0) is 103 Å². The number of carbonyl (C=O) groups is 3. The van der Waals surface area contributed by atoms with Crippen LogP contribution in [0.2, 0.25) is 0 Å². The lowest BCUT2D eigenvalue weighted by Gasteiger charge is -2.27. The van der Waals surface area contributed by atoms with Gasteiger partial charge in [0.05, 0.1) is 21.7 Å². The summed E-state index contributed by atoms with van der Waals surface area (Å²) in [6.45, 7) is 10.6. The molecular weight excluding hydrogens is 659 g/mol. The van der Waals surface area contributed by atoms with E-state index in [0.29, 0.717) is 40.6 Å². The first-order valence-corrected chi connectivity index (χ1v) is 17.5. The van der Waals surface area contributed by atoms with Gasteiger partial charge in [-0.2, -0.15) is 4.31 Å². The number of nitrogens with zero attached hydrogens (tertiary/aromatic N) is 3. The molecule has 2 aromatic carbocycles. The van der Waals surface area contributed by atoms with Crippen molar-refractivity contribution in [3.63, 3.8) is 0 Å². The number of amides is 2. The normalized spacial score (nSPS) is 15.1. The predicted octanol–water partition coefficient (Wildman–Crippen LogP) is 5.36. The number of hydrazine groups is 1. The molecule has 1 atom stereocenters. The molecule has 2 amide bonds. The van der Waals surface area contributed by atoms with Crippen molar-refractivity contribution in [3.8, 4) is 23.1 Å². The van der Waals surface area contributed by atoms with Gasteiger partial charge in [-0.1, -0.05) is 24.0 Å². The third-order valence-corrected chi connectivity index (χ3v) is 9.33. The molecule has 1 fully saturated rings. The molecule has 0 saturated carbocycles. The van der Waals surface area contributed by atoms with E-state index in [0.717, 1.165) is 5.56 Å². The summed E-state index contributed by atoms with van der Waals surface area (Å²) < 4.78 is 38.7. The minimum Gasteiger partial charge on any atom is -0.459 e. The number of nitrogens with one attached hydrogen (secondary N) is 2. The summed E-state index contributed by atoms with van der Waals surface area (Å²) in [5, 5.41) is 0.504. The largest absolute Gasteiger partial charge is 0.459 e. The van der Waals surface area contributed by atoms with E-state index in [9.17, 15) is 22.8 Å². The Morgan fingerprint density at radius 2 is 1.48 bits per heavy atom. The minimum atomic E-state index is -3.91. The van der Waals surface area contributed by atoms with Crippen LogP contribution in [-0.2, 0) is 24.3 Å². The highest BCUT2D eigenvalue weighted by Gasteiger charge is 2.41. The number of pyridine rings is 2. The number of benzene rings is 2. The van der Waals surface area contributed by atoms with Crippen LogP contribution in [0.1, 0.15) is 75.9 Å². The van der Waals surface area contributed by atoms with Crippen molar-refractivity contribution in [2.24, 2.45) is 0 Å². The fourth-order valence-electron chi connectivity index (χ4n) is 5.23. The number of aromatic nitrogens is 2. The molecule has 5 rings (SSSR count). The van der Waals surface area contributed by atoms with Crippen molar-refractivity contribution in [1.29, 1.82) is 0 Å². The number of esters is 1. The van der Waals surface area contributed by atoms with Gasteiger partial charge in [0.1, 0.15) is 17.2 Å². The zero-order valence-electron chi connectivity index (χ0n) is 28.7. The first-order chi connectivity index (χ1) is 23.5. The lowest BCUT2D eigenvalue weighted by atomic mass is 10.0. The molecule has 260 valence electrons. The molecule has 3 heterocycles. The van der Waals surface area contributed by atoms with Crippen molar-refractivity contribution in [3.05, 3.63) is 89.7 Å². The van der Waals surface area contributed by atoms with Crippen LogP contribution >= 0.6 is 0 Å². The highest BCUT2D eigenvalue weighted by atomic mass is 32.2. The van der Waals surface area contributed by atoms with Gasteiger partial charge < -0.3 is 9.47 Å². The second-order valence-corrected chi connectivity index (χ2v) is 15.6. The third-order valence-electron chi connectivity index (χ3n) is 7.41. The van der Waals surface area contributed by atoms with Crippen LogP contribution in [0.25, 0.3) is 22.2 Å². The number of ether oxygens (including phenoxy) is 2. The maximum absolute atomic E-state index is 13.4. The number of hydrogen-bond donors (Lipinski definition) is 2. The van der Waals surface area contributed by atoms with E-state index in [2.05, 4.69) is 27.7 Å². The quantitative estimate of drug-likeness (QED) is 0.159. The second kappa shape index (κ2) is 14.3. The molecule has 0 unspecified atom stereocenters. The average molecular weight is 698 g/mol. The molecule has 1 aliphatic heterocycles. The maximum Gasteiger partial charge on any atom is 0.426 e. The number of rotatable bonds is 5. The minimum absolute atomic E-state index is 0.0789. The van der Waals surface area contributed by atoms with Crippen LogP contribution in [0.3, 0.4) is 0 Å². The van der Waals surface area contributed by atoms with Gasteiger partial charge >= 0.3 is 12.1 Å². The van der Waals surface area contributed by atoms with Gasteiger partial charge in [0.2, 0.25) is 10.0 Å². The first-order valence-electron chi connectivity index (χ1n) is 16.0. The Morgan fingerprint density at radius 1 is 0.860 bits per heavy atom. The van der Waals surface area contributed by atoms with Crippen molar-refractivity contribution >= 4 is 38.9 Å². The van der Waals surface area contributed by atoms with Gasteiger partial charge in [0.25, 0.3) is 5.91 Å². The van der Waals surface area contributed by atoms with Gasteiger partial charge in [-0.15, -0.1) is 0 Å². The summed E-state index contributed by atoms with van der Waals surface area (Å²) in [4.78, 5) is 46.8. The van der Waals surface area contributed by atoms with E-state index in [1.165, 1.54) is 22.6 Å². The zero-order valence-corrected chi connectivity index (χ0v) is 29.6. The van der Waals surface area contributed by atoms with E-state index < -0.39 is 45.2 Å². The molecule has 0 bridgehead atoms. The van der Waals surface area contributed by atoms with Gasteiger partial charge in [-0.25, -0.2) is 23.6 Å². The Balaban J connectivity index is 1.30. The number of fused-ring (bicyclic) bond motifs is 1. The molecule has 2 aromatic heterocycles. The lowest BCUT2D eigenvalue weighted by molar-refractivity contribution is -0.158. The second-order valence-electron chi connectivity index (χ2n) is 13.7. The van der Waals surface area contributed by atoms with Crippen molar-refractivity contribution in [2.75, 3.05) is 6.54 Å². The number of hydrogen-bond acceptors (Lipinski definition) is 9. The highest BCUT2D eigenvalue weighted by molar-refractivity contribution is 7.89. The molecule has 50 heavy (non-hydrogen) atoms. The fraction of sp³-hybridized carbons (Fsp3) is 0.324. The van der Waals surface area contributed by atoms with E-state index in [4.69, 9.17) is 14.5 Å². The zero-order chi connectivity index (χ0) is 36.3. The Morgan fingerprint density at radius 3 is 2.10 bits per heavy atom. The smallest absolute Gasteiger partial charge is 0.426 e. The first kappa shape index (κ1) is 36.0. The molecular formula is C37H39N5O7S. The molecule has 4 aromatic rings. The molecule has 13 heteroatoms. The summed E-state index contributed by atoms with van der Waals surface area (Å²) in [5.74, 6) is 5.03. The van der Waals surface area contributed by atoms with Crippen molar-refractivity contribution < 1.29 is 32.3 Å². The predicted molar refractivity (Wildman–Crippen MR) is 187 cm³/mol. The molecule has 0 aliphatic carbocycles. The molecule has 0 radical (unpaired) electrons. The molecule has 12 nitrogen and oxygen atoms in total. The lowest BCUT2D eigenvalue weighted by Crippen LogP contribution is -2.44. The fourth-order valence-corrected chi connectivity index (χ4v) is 6.88. The summed E-state index contributed by atoms with van der Waals surface area (Å²) in [6, 6.07) is 16.0. The van der Waals surface area contributed by atoms with E-state index in [-0.39, 0.29) is 17.0 Å². The average Bonchev–Trinajstić information content (AvgIpc) is 3.56. The Labute approximate surface area is 291 Å². The Hall–Kier alpha value is -5.32. The van der Waals surface area contributed by atoms with Crippen LogP contribution < -0.4 is 10.9 Å². The van der Waals surface area contributed by atoms with Crippen LogP contribution in [-0.4, -0.2) is 64.4 Å². The van der Waals surface area contributed by atoms with E-state index in [1.807, 2.05) is 24.3 Å². The summed E-state index contributed by atoms with van der Waals surface area (Å²) in [5.41, 5.74) is 6.56. The molecule has 2 N–H and O–H groups in total. The van der Waals surface area contributed by atoms with E-state index in [1.54, 1.807) is 72.0 Å². The van der Waals surface area contributed by atoms with Crippen LogP contribution in [0.5, 0.6) is 0 Å². The van der Waals surface area contributed by atoms with Gasteiger partial charge in [0.15, 0.2) is 0 Å².